The molecule has 1 nitrogen and oxygen atoms in total. The molecular formula is C14H18F3N. The van der Waals surface area contributed by atoms with Gasteiger partial charge in [0.2, 0.25) is 0 Å². The van der Waals surface area contributed by atoms with Crippen molar-refractivity contribution in [1.82, 2.24) is 4.90 Å². The summed E-state index contributed by atoms with van der Waals surface area (Å²) in [6, 6.07) is 8.91. The predicted molar refractivity (Wildman–Crippen MR) is 67.3 cm³/mol. The van der Waals surface area contributed by atoms with E-state index in [0.29, 0.717) is 19.2 Å². The number of halogens is 3. The van der Waals surface area contributed by atoms with Gasteiger partial charge in [0.15, 0.2) is 0 Å². The Morgan fingerprint density at radius 1 is 1.11 bits per heavy atom. The van der Waals surface area contributed by atoms with Crippen LogP contribution in [0, 0.1) is 0 Å². The molecule has 0 saturated heterocycles. The normalized spacial score (nSPS) is 14.3. The number of benzene rings is 1. The predicted octanol–water partition coefficient (Wildman–Crippen LogP) is 4.19. The molecule has 4 heteroatoms. The molecule has 1 unspecified atom stereocenters. The lowest BCUT2D eigenvalue weighted by atomic mass is 10.0. The first-order valence-corrected chi connectivity index (χ1v) is 6.03. The highest BCUT2D eigenvalue weighted by Crippen LogP contribution is 2.25. The Morgan fingerprint density at radius 3 is 2.11 bits per heavy atom. The molecule has 0 spiro atoms. The van der Waals surface area contributed by atoms with Crippen molar-refractivity contribution in [3.05, 3.63) is 48.0 Å². The first-order chi connectivity index (χ1) is 8.48. The van der Waals surface area contributed by atoms with E-state index in [1.165, 1.54) is 6.08 Å². The standard InChI is InChI=1S/C14H18F3N/c1-3-18(4-2)13(10-11-14(15,16)17)12-8-6-5-7-9-12/h5-11,13H,3-4H2,1-2H3/b11-10+. The molecule has 1 atom stereocenters. The third-order valence-electron chi connectivity index (χ3n) is 2.81. The van der Waals surface area contributed by atoms with Gasteiger partial charge in [0.05, 0.1) is 6.04 Å². The zero-order chi connectivity index (χ0) is 13.6. The molecule has 0 radical (unpaired) electrons. The van der Waals surface area contributed by atoms with Crippen molar-refractivity contribution < 1.29 is 13.2 Å². The van der Waals surface area contributed by atoms with E-state index in [2.05, 4.69) is 0 Å². The lowest BCUT2D eigenvalue weighted by Gasteiger charge is -2.27. The van der Waals surface area contributed by atoms with Crippen LogP contribution in [0.15, 0.2) is 42.5 Å². The monoisotopic (exact) mass is 257 g/mol. The summed E-state index contributed by atoms with van der Waals surface area (Å²) in [7, 11) is 0. The fraction of sp³-hybridized carbons (Fsp3) is 0.429. The van der Waals surface area contributed by atoms with Crippen molar-refractivity contribution in [3.8, 4) is 0 Å². The molecule has 0 aromatic heterocycles. The quantitative estimate of drug-likeness (QED) is 0.715. The van der Waals surface area contributed by atoms with E-state index < -0.39 is 6.18 Å². The van der Waals surface area contributed by atoms with Crippen LogP contribution in [0.1, 0.15) is 25.5 Å². The summed E-state index contributed by atoms with van der Waals surface area (Å²) in [5, 5.41) is 0. The topological polar surface area (TPSA) is 3.24 Å². The van der Waals surface area contributed by atoms with Gasteiger partial charge in [-0.2, -0.15) is 13.2 Å². The van der Waals surface area contributed by atoms with Crippen molar-refractivity contribution in [2.75, 3.05) is 13.1 Å². The van der Waals surface area contributed by atoms with Gasteiger partial charge in [0, 0.05) is 6.08 Å². The lowest BCUT2D eigenvalue weighted by Crippen LogP contribution is -2.27. The third-order valence-corrected chi connectivity index (χ3v) is 2.81. The van der Waals surface area contributed by atoms with Gasteiger partial charge in [-0.25, -0.2) is 0 Å². The summed E-state index contributed by atoms with van der Waals surface area (Å²) in [6.07, 6.45) is -2.72. The molecule has 0 aliphatic carbocycles. The molecule has 1 aromatic carbocycles. The Hall–Kier alpha value is -1.29. The third kappa shape index (κ3) is 4.53. The second kappa shape index (κ2) is 6.59. The van der Waals surface area contributed by atoms with Crippen LogP contribution in [-0.4, -0.2) is 24.2 Å². The van der Waals surface area contributed by atoms with Gasteiger partial charge in [-0.05, 0) is 18.7 Å². The molecule has 0 saturated carbocycles. The zero-order valence-electron chi connectivity index (χ0n) is 10.6. The number of rotatable bonds is 5. The van der Waals surface area contributed by atoms with E-state index in [4.69, 9.17) is 0 Å². The van der Waals surface area contributed by atoms with Crippen LogP contribution >= 0.6 is 0 Å². The first kappa shape index (κ1) is 14.8. The van der Waals surface area contributed by atoms with Crippen LogP contribution in [0.4, 0.5) is 13.2 Å². The van der Waals surface area contributed by atoms with Gasteiger partial charge in [0.25, 0.3) is 0 Å². The SMILES string of the molecule is CCN(CC)C(/C=C/C(F)(F)F)c1ccccc1. The summed E-state index contributed by atoms with van der Waals surface area (Å²) in [5.74, 6) is 0. The molecule has 18 heavy (non-hydrogen) atoms. The molecule has 0 heterocycles. The number of hydrogen-bond donors (Lipinski definition) is 0. The highest BCUT2D eigenvalue weighted by molar-refractivity contribution is 5.23. The van der Waals surface area contributed by atoms with Crippen LogP contribution in [0.25, 0.3) is 0 Å². The van der Waals surface area contributed by atoms with E-state index in [-0.39, 0.29) is 6.04 Å². The van der Waals surface area contributed by atoms with Gasteiger partial charge < -0.3 is 0 Å². The van der Waals surface area contributed by atoms with Crippen molar-refractivity contribution in [3.63, 3.8) is 0 Å². The second-order valence-electron chi connectivity index (χ2n) is 3.98. The van der Waals surface area contributed by atoms with Crippen LogP contribution in [-0.2, 0) is 0 Å². The highest BCUT2D eigenvalue weighted by atomic mass is 19.4. The minimum absolute atomic E-state index is 0.322. The van der Waals surface area contributed by atoms with Crippen LogP contribution in [0.2, 0.25) is 0 Å². The van der Waals surface area contributed by atoms with Gasteiger partial charge in [-0.3, -0.25) is 4.90 Å². The average Bonchev–Trinajstić information content (AvgIpc) is 2.34. The maximum atomic E-state index is 12.3. The Morgan fingerprint density at radius 2 is 1.67 bits per heavy atom. The zero-order valence-corrected chi connectivity index (χ0v) is 10.6. The van der Waals surface area contributed by atoms with Crippen LogP contribution in [0.3, 0.4) is 0 Å². The minimum Gasteiger partial charge on any atom is -0.293 e. The van der Waals surface area contributed by atoms with Crippen molar-refractivity contribution in [2.45, 2.75) is 26.1 Å². The fourth-order valence-electron chi connectivity index (χ4n) is 1.91. The lowest BCUT2D eigenvalue weighted by molar-refractivity contribution is -0.0803. The smallest absolute Gasteiger partial charge is 0.293 e. The number of allylic oxidation sites excluding steroid dienone is 1. The highest BCUT2D eigenvalue weighted by Gasteiger charge is 2.24. The van der Waals surface area contributed by atoms with E-state index >= 15 is 0 Å². The number of likely N-dealkylation sites (N-methyl/N-ethyl adjacent to an activating group) is 1. The maximum absolute atomic E-state index is 12.3. The Bertz CT molecular complexity index is 366. The minimum atomic E-state index is -4.26. The fourth-order valence-corrected chi connectivity index (χ4v) is 1.91. The molecule has 0 aliphatic heterocycles. The van der Waals surface area contributed by atoms with Crippen LogP contribution < -0.4 is 0 Å². The molecule has 0 amide bonds. The number of nitrogens with zero attached hydrogens (tertiary/aromatic N) is 1. The Labute approximate surface area is 106 Å². The van der Waals surface area contributed by atoms with Crippen molar-refractivity contribution in [2.24, 2.45) is 0 Å². The van der Waals surface area contributed by atoms with Gasteiger partial charge in [0.1, 0.15) is 0 Å². The molecule has 0 aliphatic rings. The summed E-state index contributed by atoms with van der Waals surface area (Å²) in [6.45, 7) is 5.30. The Kier molecular flexibility index (Phi) is 5.41. The van der Waals surface area contributed by atoms with Crippen molar-refractivity contribution in [1.29, 1.82) is 0 Å². The van der Waals surface area contributed by atoms with E-state index in [0.717, 1.165) is 5.56 Å². The average molecular weight is 257 g/mol. The molecule has 0 fully saturated rings. The maximum Gasteiger partial charge on any atom is 0.409 e. The summed E-state index contributed by atoms with van der Waals surface area (Å²) in [5.41, 5.74) is 0.877. The molecular weight excluding hydrogens is 239 g/mol. The van der Waals surface area contributed by atoms with Gasteiger partial charge >= 0.3 is 6.18 Å². The molecule has 0 N–H and O–H groups in total. The second-order valence-corrected chi connectivity index (χ2v) is 3.98. The molecule has 0 bridgehead atoms. The van der Waals surface area contributed by atoms with Gasteiger partial charge in [-0.1, -0.05) is 50.3 Å². The number of alkyl halides is 3. The summed E-state index contributed by atoms with van der Waals surface area (Å²) < 4.78 is 36.9. The molecule has 1 aromatic rings. The largest absolute Gasteiger partial charge is 0.409 e. The van der Waals surface area contributed by atoms with Crippen molar-refractivity contribution >= 4 is 0 Å². The molecule has 1 rings (SSSR count). The number of hydrogen-bond acceptors (Lipinski definition) is 1. The summed E-state index contributed by atoms with van der Waals surface area (Å²) in [4.78, 5) is 1.98. The van der Waals surface area contributed by atoms with Crippen LogP contribution in [0.5, 0.6) is 0 Å². The first-order valence-electron chi connectivity index (χ1n) is 6.03. The van der Waals surface area contributed by atoms with Gasteiger partial charge in [-0.15, -0.1) is 0 Å². The summed E-state index contributed by atoms with van der Waals surface area (Å²) >= 11 is 0. The molecule has 100 valence electrons. The van der Waals surface area contributed by atoms with E-state index in [1.54, 1.807) is 0 Å². The van der Waals surface area contributed by atoms with E-state index in [1.807, 2.05) is 49.1 Å². The van der Waals surface area contributed by atoms with E-state index in [9.17, 15) is 13.2 Å². The Balaban J connectivity index is 2.99.